The molecule has 2 atom stereocenters. The van der Waals surface area contributed by atoms with Crippen LogP contribution in [0.4, 0.5) is 13.2 Å². The molecule has 4 rings (SSSR count). The van der Waals surface area contributed by atoms with E-state index in [4.69, 9.17) is 9.41 Å². The molecule has 1 N–H and O–H groups in total. The molecular formula is C31H44F3NO2Si. The Morgan fingerprint density at radius 1 is 1.05 bits per heavy atom. The standard InChI is InChI=1S/C31H44F3NO2Si/c1-19-25-23(17-30(5,6)18-24(25)37-38(7,8)29(2,3)4)35-27(20-11-9-10-12-20)26(19)28(36)21-13-15-22(16-14-21)31(32,33)34/h13-16,20,24,28,36H,9-12,17-18H2,1-8H3/t24?,28-/m1/s1. The molecule has 0 saturated heterocycles. The minimum atomic E-state index is -4.41. The zero-order valence-electron chi connectivity index (χ0n) is 24.2. The molecule has 0 aliphatic heterocycles. The highest BCUT2D eigenvalue weighted by Crippen LogP contribution is 2.50. The van der Waals surface area contributed by atoms with Crippen LogP contribution in [0.25, 0.3) is 0 Å². The van der Waals surface area contributed by atoms with Gasteiger partial charge in [0.15, 0.2) is 8.32 Å². The second-order valence-corrected chi connectivity index (χ2v) is 18.6. The van der Waals surface area contributed by atoms with Crippen LogP contribution in [-0.4, -0.2) is 18.4 Å². The molecule has 3 nitrogen and oxygen atoms in total. The fourth-order valence-electron chi connectivity index (χ4n) is 6.02. The van der Waals surface area contributed by atoms with Gasteiger partial charge in [0, 0.05) is 22.7 Å². The van der Waals surface area contributed by atoms with Crippen molar-refractivity contribution in [2.75, 3.05) is 0 Å². The van der Waals surface area contributed by atoms with E-state index in [2.05, 4.69) is 54.6 Å². The van der Waals surface area contributed by atoms with Gasteiger partial charge in [0.25, 0.3) is 0 Å². The molecule has 1 aromatic carbocycles. The molecule has 1 heterocycles. The first-order valence-corrected chi connectivity index (χ1v) is 16.9. The number of aliphatic hydroxyl groups excluding tert-OH is 1. The van der Waals surface area contributed by atoms with Gasteiger partial charge in [-0.1, -0.05) is 59.6 Å². The monoisotopic (exact) mass is 547 g/mol. The number of aliphatic hydroxyl groups is 1. The van der Waals surface area contributed by atoms with E-state index in [1.807, 2.05) is 0 Å². The lowest BCUT2D eigenvalue weighted by Gasteiger charge is -2.45. The number of benzene rings is 1. The van der Waals surface area contributed by atoms with Crippen molar-refractivity contribution in [2.45, 2.75) is 123 Å². The molecule has 0 bridgehead atoms. The zero-order chi connectivity index (χ0) is 28.3. The Bertz CT molecular complexity index is 1160. The number of hydrogen-bond acceptors (Lipinski definition) is 3. The Balaban J connectivity index is 1.87. The number of aromatic nitrogens is 1. The second-order valence-electron chi connectivity index (χ2n) is 13.8. The molecule has 210 valence electrons. The molecule has 1 unspecified atom stereocenters. The smallest absolute Gasteiger partial charge is 0.410 e. The van der Waals surface area contributed by atoms with E-state index in [0.717, 1.165) is 78.7 Å². The molecule has 38 heavy (non-hydrogen) atoms. The van der Waals surface area contributed by atoms with Crippen molar-refractivity contribution in [1.82, 2.24) is 4.98 Å². The quantitative estimate of drug-likeness (QED) is 0.380. The number of alkyl halides is 3. The number of nitrogens with zero attached hydrogens (tertiary/aromatic N) is 1. The largest absolute Gasteiger partial charge is 0.416 e. The summed E-state index contributed by atoms with van der Waals surface area (Å²) in [6, 6.07) is 4.91. The summed E-state index contributed by atoms with van der Waals surface area (Å²) in [6.07, 6.45) is 0.415. The highest BCUT2D eigenvalue weighted by Gasteiger charge is 2.44. The van der Waals surface area contributed by atoms with Gasteiger partial charge >= 0.3 is 6.18 Å². The molecular weight excluding hydrogens is 503 g/mol. The maximum Gasteiger partial charge on any atom is 0.416 e. The van der Waals surface area contributed by atoms with Crippen LogP contribution in [0.15, 0.2) is 24.3 Å². The van der Waals surface area contributed by atoms with Gasteiger partial charge in [0.05, 0.1) is 17.4 Å². The van der Waals surface area contributed by atoms with E-state index in [0.29, 0.717) is 5.56 Å². The molecule has 1 fully saturated rings. The Morgan fingerprint density at radius 3 is 2.16 bits per heavy atom. The van der Waals surface area contributed by atoms with Gasteiger partial charge < -0.3 is 9.53 Å². The van der Waals surface area contributed by atoms with E-state index in [1.54, 1.807) is 0 Å². The van der Waals surface area contributed by atoms with Crippen LogP contribution in [0.5, 0.6) is 0 Å². The molecule has 2 aromatic rings. The van der Waals surface area contributed by atoms with Gasteiger partial charge in [-0.05, 0) is 79.4 Å². The Labute approximate surface area is 227 Å². The molecule has 7 heteroatoms. The summed E-state index contributed by atoms with van der Waals surface area (Å²) in [5.74, 6) is 0.253. The SMILES string of the molecule is Cc1c2c(nc(C3CCCC3)c1[C@H](O)c1ccc(C(F)(F)F)cc1)CC(C)(C)CC2O[Si](C)(C)C(C)(C)C. The third kappa shape index (κ3) is 5.75. The second kappa shape index (κ2) is 10.0. The van der Waals surface area contributed by atoms with Crippen molar-refractivity contribution < 1.29 is 22.7 Å². The number of hydrogen-bond donors (Lipinski definition) is 1. The Kier molecular flexibility index (Phi) is 7.74. The van der Waals surface area contributed by atoms with Crippen LogP contribution < -0.4 is 0 Å². The summed E-state index contributed by atoms with van der Waals surface area (Å²) in [4.78, 5) is 5.29. The summed E-state index contributed by atoms with van der Waals surface area (Å²) in [6.45, 7) is 17.8. The Hall–Kier alpha value is -1.70. The van der Waals surface area contributed by atoms with Crippen molar-refractivity contribution in [3.63, 3.8) is 0 Å². The van der Waals surface area contributed by atoms with E-state index in [9.17, 15) is 18.3 Å². The van der Waals surface area contributed by atoms with Crippen molar-refractivity contribution >= 4 is 8.32 Å². The maximum atomic E-state index is 13.2. The summed E-state index contributed by atoms with van der Waals surface area (Å²) in [5, 5.41) is 11.8. The van der Waals surface area contributed by atoms with Crippen LogP contribution in [0.2, 0.25) is 18.1 Å². The highest BCUT2D eigenvalue weighted by atomic mass is 28.4. The van der Waals surface area contributed by atoms with Crippen molar-refractivity contribution in [1.29, 1.82) is 0 Å². The van der Waals surface area contributed by atoms with E-state index >= 15 is 0 Å². The lowest BCUT2D eigenvalue weighted by Crippen LogP contribution is -2.44. The molecule has 0 amide bonds. The molecule has 0 radical (unpaired) electrons. The first-order chi connectivity index (χ1) is 17.4. The highest BCUT2D eigenvalue weighted by molar-refractivity contribution is 6.74. The van der Waals surface area contributed by atoms with Crippen LogP contribution in [0.1, 0.15) is 124 Å². The normalized spacial score (nSPS) is 21.4. The number of pyridine rings is 1. The first-order valence-electron chi connectivity index (χ1n) is 14.0. The van der Waals surface area contributed by atoms with Gasteiger partial charge in [-0.3, -0.25) is 4.98 Å². The molecule has 1 saturated carbocycles. The van der Waals surface area contributed by atoms with Crippen molar-refractivity contribution in [3.05, 3.63) is 63.5 Å². The van der Waals surface area contributed by atoms with Gasteiger partial charge in [-0.2, -0.15) is 13.2 Å². The van der Waals surface area contributed by atoms with Crippen molar-refractivity contribution in [3.8, 4) is 0 Å². The molecule has 0 spiro atoms. The maximum absolute atomic E-state index is 13.2. The van der Waals surface area contributed by atoms with Crippen molar-refractivity contribution in [2.24, 2.45) is 5.41 Å². The minimum absolute atomic E-state index is 0.0278. The van der Waals surface area contributed by atoms with Crippen LogP contribution in [0, 0.1) is 12.3 Å². The molecule has 2 aliphatic rings. The average molecular weight is 548 g/mol. The van der Waals surface area contributed by atoms with Crippen LogP contribution in [-0.2, 0) is 17.0 Å². The number of rotatable bonds is 5. The lowest BCUT2D eigenvalue weighted by molar-refractivity contribution is -0.137. The summed E-state index contributed by atoms with van der Waals surface area (Å²) in [5.41, 5.74) is 4.59. The van der Waals surface area contributed by atoms with Gasteiger partial charge in [0.1, 0.15) is 6.10 Å². The van der Waals surface area contributed by atoms with Crippen LogP contribution >= 0.6 is 0 Å². The Morgan fingerprint density at radius 2 is 1.63 bits per heavy atom. The minimum Gasteiger partial charge on any atom is -0.410 e. The van der Waals surface area contributed by atoms with Gasteiger partial charge in [0.2, 0.25) is 0 Å². The molecule has 2 aliphatic carbocycles. The summed E-state index contributed by atoms with van der Waals surface area (Å²) in [7, 11) is -2.11. The summed E-state index contributed by atoms with van der Waals surface area (Å²) >= 11 is 0. The number of halogens is 3. The van der Waals surface area contributed by atoms with Crippen LogP contribution in [0.3, 0.4) is 0 Å². The lowest BCUT2D eigenvalue weighted by atomic mass is 9.72. The van der Waals surface area contributed by atoms with E-state index < -0.39 is 26.2 Å². The topological polar surface area (TPSA) is 42.4 Å². The van der Waals surface area contributed by atoms with E-state index in [-0.39, 0.29) is 22.5 Å². The van der Waals surface area contributed by atoms with Gasteiger partial charge in [-0.25, -0.2) is 0 Å². The van der Waals surface area contributed by atoms with E-state index in [1.165, 1.54) is 12.1 Å². The first kappa shape index (κ1) is 29.3. The summed E-state index contributed by atoms with van der Waals surface area (Å²) < 4.78 is 46.7. The third-order valence-electron chi connectivity index (χ3n) is 9.17. The predicted octanol–water partition coefficient (Wildman–Crippen LogP) is 9.18. The zero-order valence-corrected chi connectivity index (χ0v) is 25.2. The predicted molar refractivity (Wildman–Crippen MR) is 149 cm³/mol. The fourth-order valence-corrected chi connectivity index (χ4v) is 7.29. The fraction of sp³-hybridized carbons (Fsp3) is 0.645. The van der Waals surface area contributed by atoms with Gasteiger partial charge in [-0.15, -0.1) is 0 Å². The average Bonchev–Trinajstić information content (AvgIpc) is 3.30. The number of fused-ring (bicyclic) bond motifs is 1. The third-order valence-corrected chi connectivity index (χ3v) is 13.7. The molecule has 1 aromatic heterocycles.